The first-order valence-electron chi connectivity index (χ1n) is 7.96. The highest BCUT2D eigenvalue weighted by molar-refractivity contribution is 7.09. The summed E-state index contributed by atoms with van der Waals surface area (Å²) < 4.78 is 0. The van der Waals surface area contributed by atoms with Crippen LogP contribution < -0.4 is 5.32 Å². The number of benzene rings is 1. The van der Waals surface area contributed by atoms with E-state index in [9.17, 15) is 0 Å². The Morgan fingerprint density at radius 1 is 1.14 bits per heavy atom. The summed E-state index contributed by atoms with van der Waals surface area (Å²) >= 11 is 1.76. The molecule has 0 aliphatic heterocycles. The van der Waals surface area contributed by atoms with E-state index in [1.165, 1.54) is 16.1 Å². The minimum Gasteiger partial charge on any atom is -0.315 e. The Balaban J connectivity index is 1.85. The van der Waals surface area contributed by atoms with Gasteiger partial charge in [0.15, 0.2) is 0 Å². The van der Waals surface area contributed by atoms with Crippen LogP contribution >= 0.6 is 11.3 Å². The summed E-state index contributed by atoms with van der Waals surface area (Å²) in [6.45, 7) is 7.54. The summed E-state index contributed by atoms with van der Waals surface area (Å²) in [5.74, 6) is 0.577. The van der Waals surface area contributed by atoms with Crippen LogP contribution in [0.3, 0.4) is 0 Å². The van der Waals surface area contributed by atoms with Crippen molar-refractivity contribution in [1.82, 2.24) is 15.2 Å². The fourth-order valence-corrected chi connectivity index (χ4v) is 3.03. The normalized spacial score (nSPS) is 11.5. The van der Waals surface area contributed by atoms with Crippen LogP contribution in [0, 0.1) is 0 Å². The second-order valence-corrected chi connectivity index (χ2v) is 7.15. The minimum absolute atomic E-state index is 0.577. The fourth-order valence-electron chi connectivity index (χ4n) is 2.22. The molecule has 0 bridgehead atoms. The molecule has 2 aromatic rings. The van der Waals surface area contributed by atoms with Gasteiger partial charge in [0, 0.05) is 37.0 Å². The molecule has 0 saturated carbocycles. The first-order chi connectivity index (χ1) is 10.6. The maximum atomic E-state index is 4.76. The molecule has 1 aromatic carbocycles. The molecule has 3 nitrogen and oxygen atoms in total. The first-order valence-corrected chi connectivity index (χ1v) is 8.84. The van der Waals surface area contributed by atoms with Crippen LogP contribution in [0.1, 0.15) is 30.3 Å². The molecule has 1 aromatic heterocycles. The molecule has 0 atom stereocenters. The third-order valence-electron chi connectivity index (χ3n) is 3.68. The number of hydrogen-bond donors (Lipinski definition) is 1. The predicted molar refractivity (Wildman–Crippen MR) is 96.8 cm³/mol. The van der Waals surface area contributed by atoms with Gasteiger partial charge in [0.2, 0.25) is 0 Å². The van der Waals surface area contributed by atoms with Crippen molar-refractivity contribution in [3.8, 4) is 11.3 Å². The van der Waals surface area contributed by atoms with Crippen molar-refractivity contribution in [2.75, 3.05) is 33.7 Å². The summed E-state index contributed by atoms with van der Waals surface area (Å²) in [7, 11) is 4.19. The third kappa shape index (κ3) is 5.20. The van der Waals surface area contributed by atoms with Gasteiger partial charge in [0.05, 0.1) is 10.7 Å². The van der Waals surface area contributed by atoms with Crippen molar-refractivity contribution in [3.05, 3.63) is 40.2 Å². The lowest BCUT2D eigenvalue weighted by molar-refractivity contribution is 0.401. The Bertz CT molecular complexity index is 558. The van der Waals surface area contributed by atoms with Crippen molar-refractivity contribution >= 4 is 11.3 Å². The Morgan fingerprint density at radius 3 is 2.50 bits per heavy atom. The number of rotatable bonds is 8. The van der Waals surface area contributed by atoms with E-state index in [2.05, 4.69) is 67.8 Å². The van der Waals surface area contributed by atoms with Crippen molar-refractivity contribution < 1.29 is 0 Å². The molecule has 0 aliphatic carbocycles. The van der Waals surface area contributed by atoms with Gasteiger partial charge < -0.3 is 10.2 Å². The molecule has 120 valence electrons. The van der Waals surface area contributed by atoms with Crippen LogP contribution in [0.5, 0.6) is 0 Å². The Labute approximate surface area is 138 Å². The highest BCUT2D eigenvalue weighted by atomic mass is 32.1. The molecule has 22 heavy (non-hydrogen) atoms. The maximum Gasteiger partial charge on any atom is 0.0945 e. The molecular weight excluding hydrogens is 290 g/mol. The van der Waals surface area contributed by atoms with Crippen LogP contribution in [0.25, 0.3) is 11.3 Å². The largest absolute Gasteiger partial charge is 0.315 e. The lowest BCUT2D eigenvalue weighted by Gasteiger charge is -2.09. The van der Waals surface area contributed by atoms with E-state index in [-0.39, 0.29) is 0 Å². The molecular formula is C18H27N3S. The average molecular weight is 318 g/mol. The van der Waals surface area contributed by atoms with E-state index in [4.69, 9.17) is 4.98 Å². The highest BCUT2D eigenvalue weighted by Crippen LogP contribution is 2.24. The zero-order valence-corrected chi connectivity index (χ0v) is 14.9. The predicted octanol–water partition coefficient (Wildman–Crippen LogP) is 3.63. The van der Waals surface area contributed by atoms with E-state index in [0.29, 0.717) is 5.92 Å². The Hall–Kier alpha value is -1.23. The number of aromatic nitrogens is 1. The standard InChI is InChI=1S/C18H27N3S/c1-14(2)15-5-7-16(8-6-15)17-13-22-18(20-17)9-10-19-11-12-21(3)4/h5-8,13-14,19H,9-12H2,1-4H3. The van der Waals surface area contributed by atoms with Crippen molar-refractivity contribution in [2.24, 2.45) is 0 Å². The smallest absolute Gasteiger partial charge is 0.0945 e. The number of likely N-dealkylation sites (N-methyl/N-ethyl adjacent to an activating group) is 1. The van der Waals surface area contributed by atoms with Gasteiger partial charge in [-0.2, -0.15) is 0 Å². The number of thiazole rings is 1. The maximum absolute atomic E-state index is 4.76. The van der Waals surface area contributed by atoms with Gasteiger partial charge in [0.25, 0.3) is 0 Å². The quantitative estimate of drug-likeness (QED) is 0.754. The third-order valence-corrected chi connectivity index (χ3v) is 4.58. The van der Waals surface area contributed by atoms with Crippen LogP contribution in [0.15, 0.2) is 29.6 Å². The van der Waals surface area contributed by atoms with Gasteiger partial charge in [-0.25, -0.2) is 4.98 Å². The molecule has 0 saturated heterocycles. The number of hydrogen-bond acceptors (Lipinski definition) is 4. The van der Waals surface area contributed by atoms with Crippen LogP contribution in [-0.2, 0) is 6.42 Å². The highest BCUT2D eigenvalue weighted by Gasteiger charge is 2.05. The van der Waals surface area contributed by atoms with Crippen LogP contribution in [0.4, 0.5) is 0 Å². The van der Waals surface area contributed by atoms with Crippen molar-refractivity contribution in [2.45, 2.75) is 26.2 Å². The topological polar surface area (TPSA) is 28.2 Å². The summed E-state index contributed by atoms with van der Waals surface area (Å²) in [5, 5.41) is 6.83. The van der Waals surface area contributed by atoms with Gasteiger partial charge >= 0.3 is 0 Å². The summed E-state index contributed by atoms with van der Waals surface area (Å²) in [6.07, 6.45) is 1.00. The van der Waals surface area contributed by atoms with E-state index < -0.39 is 0 Å². The second-order valence-electron chi connectivity index (χ2n) is 6.21. The van der Waals surface area contributed by atoms with E-state index in [1.807, 2.05) is 0 Å². The molecule has 2 rings (SSSR count). The summed E-state index contributed by atoms with van der Waals surface area (Å²) in [5.41, 5.74) is 3.69. The molecule has 0 aliphatic rings. The molecule has 4 heteroatoms. The van der Waals surface area contributed by atoms with Crippen LogP contribution in [-0.4, -0.2) is 43.6 Å². The molecule has 0 spiro atoms. The summed E-state index contributed by atoms with van der Waals surface area (Å²) in [4.78, 5) is 6.95. The molecule has 0 unspecified atom stereocenters. The molecule has 0 amide bonds. The first kappa shape index (κ1) is 17.1. The number of nitrogens with zero attached hydrogens (tertiary/aromatic N) is 2. The zero-order valence-electron chi connectivity index (χ0n) is 14.1. The number of nitrogens with one attached hydrogen (secondary N) is 1. The SMILES string of the molecule is CC(C)c1ccc(-c2csc(CCNCCN(C)C)n2)cc1. The van der Waals surface area contributed by atoms with E-state index in [1.54, 1.807) is 11.3 Å². The van der Waals surface area contributed by atoms with Crippen molar-refractivity contribution in [3.63, 3.8) is 0 Å². The second kappa shape index (κ2) is 8.42. The summed E-state index contributed by atoms with van der Waals surface area (Å²) in [6, 6.07) is 8.79. The van der Waals surface area contributed by atoms with Gasteiger partial charge in [-0.05, 0) is 25.6 Å². The zero-order chi connectivity index (χ0) is 15.9. The Kier molecular flexibility index (Phi) is 6.55. The van der Waals surface area contributed by atoms with Gasteiger partial charge in [-0.3, -0.25) is 0 Å². The molecule has 0 radical (unpaired) electrons. The monoisotopic (exact) mass is 317 g/mol. The molecule has 1 heterocycles. The lowest BCUT2D eigenvalue weighted by atomic mass is 10.0. The lowest BCUT2D eigenvalue weighted by Crippen LogP contribution is -2.27. The van der Waals surface area contributed by atoms with Gasteiger partial charge in [-0.15, -0.1) is 11.3 Å². The molecule has 0 fully saturated rings. The molecule has 1 N–H and O–H groups in total. The van der Waals surface area contributed by atoms with E-state index >= 15 is 0 Å². The van der Waals surface area contributed by atoms with Crippen molar-refractivity contribution in [1.29, 1.82) is 0 Å². The van der Waals surface area contributed by atoms with E-state index in [0.717, 1.165) is 31.7 Å². The average Bonchev–Trinajstić information content (AvgIpc) is 2.95. The van der Waals surface area contributed by atoms with Gasteiger partial charge in [0.1, 0.15) is 0 Å². The van der Waals surface area contributed by atoms with Crippen LogP contribution in [0.2, 0.25) is 0 Å². The van der Waals surface area contributed by atoms with Gasteiger partial charge in [-0.1, -0.05) is 38.1 Å². The Morgan fingerprint density at radius 2 is 1.86 bits per heavy atom. The minimum atomic E-state index is 0.577. The fraction of sp³-hybridized carbons (Fsp3) is 0.500.